The van der Waals surface area contributed by atoms with E-state index >= 15 is 0 Å². The van der Waals surface area contributed by atoms with E-state index in [9.17, 15) is 32.4 Å². The van der Waals surface area contributed by atoms with Crippen LogP contribution in [0.25, 0.3) is 10.9 Å². The van der Waals surface area contributed by atoms with Crippen molar-refractivity contribution in [3.63, 3.8) is 0 Å². The van der Waals surface area contributed by atoms with Crippen LogP contribution < -0.4 is 20.3 Å². The molecular formula is C41H51N5O9S. The van der Waals surface area contributed by atoms with Gasteiger partial charge in [0, 0.05) is 18.9 Å². The summed E-state index contributed by atoms with van der Waals surface area (Å²) in [4.78, 5) is 76.7. The third kappa shape index (κ3) is 7.62. The van der Waals surface area contributed by atoms with Gasteiger partial charge in [0.25, 0.3) is 17.5 Å². The topological polar surface area (TPSA) is 183 Å². The molecule has 8 rings (SSSR count). The third-order valence-electron chi connectivity index (χ3n) is 12.9. The summed E-state index contributed by atoms with van der Waals surface area (Å²) >= 11 is 0. The second-order valence-corrected chi connectivity index (χ2v) is 18.6. The zero-order valence-electron chi connectivity index (χ0n) is 31.6. The molecule has 14 nitrogen and oxygen atoms in total. The van der Waals surface area contributed by atoms with Crippen molar-refractivity contribution in [3.05, 3.63) is 59.4 Å². The van der Waals surface area contributed by atoms with Gasteiger partial charge in [0.1, 0.15) is 23.8 Å². The molecule has 1 aromatic carbocycles. The summed E-state index contributed by atoms with van der Waals surface area (Å²) in [5.74, 6) is -3.43. The second kappa shape index (κ2) is 15.4. The van der Waals surface area contributed by atoms with Gasteiger partial charge in [-0.15, -0.1) is 6.58 Å². The van der Waals surface area contributed by atoms with Gasteiger partial charge in [-0.2, -0.15) is 4.98 Å². The predicted octanol–water partition coefficient (Wildman–Crippen LogP) is 3.67. The van der Waals surface area contributed by atoms with Gasteiger partial charge < -0.3 is 19.7 Å². The first kappa shape index (κ1) is 38.3. The van der Waals surface area contributed by atoms with Gasteiger partial charge >= 0.3 is 5.97 Å². The fraction of sp³-hybridized carbons (Fsp3) is 0.610. The number of carbonyl (C=O) groups is 4. The zero-order chi connectivity index (χ0) is 39.2. The number of allylic oxidation sites excluding steroid dienone is 2. The number of nitrogens with zero attached hydrogens (tertiary/aromatic N) is 3. The summed E-state index contributed by atoms with van der Waals surface area (Å²) in [6.07, 6.45) is 12.9. The standard InChI is InChI=1S/C41H51N5O9S/c1-2-27-23-41(27,39(51)44-56(52,53)29-18-19-29)43-36(48)33-21-28-24-46(33)38(50)31(25-11-5-6-12-25)22-35(47)55-34-17-10-14-26(34)13-4-3-9-20-45-37(49)30-15-7-8-16-32(30)42-40(45)54-28/h2-3,7-9,15-16,25-29,31,33-34H,1,4-6,10-14,17-24H2,(H,43,48)(H,44,51)/b9-3+/t26-,27+,28-,31+,33+,34-,41-/m1/s1. The lowest BCUT2D eigenvalue weighted by Crippen LogP contribution is -2.57. The number of hydrogen-bond donors (Lipinski definition) is 2. The molecule has 2 bridgehead atoms. The molecular weight excluding hydrogens is 739 g/mol. The minimum atomic E-state index is -3.91. The number of ether oxygens (including phenoxy) is 2. The number of benzene rings is 1. The van der Waals surface area contributed by atoms with E-state index in [1.807, 2.05) is 12.2 Å². The molecule has 6 aliphatic rings. The van der Waals surface area contributed by atoms with Crippen molar-refractivity contribution < 1.29 is 37.1 Å². The first-order valence-corrected chi connectivity index (χ1v) is 21.8. The Morgan fingerprint density at radius 2 is 1.71 bits per heavy atom. The summed E-state index contributed by atoms with van der Waals surface area (Å²) in [6, 6.07) is 5.92. The Labute approximate surface area is 326 Å². The third-order valence-corrected chi connectivity index (χ3v) is 14.7. The van der Waals surface area contributed by atoms with E-state index in [0.29, 0.717) is 23.7 Å². The van der Waals surface area contributed by atoms with E-state index < -0.39 is 62.6 Å². The first-order valence-electron chi connectivity index (χ1n) is 20.3. The maximum Gasteiger partial charge on any atom is 0.306 e. The number of amides is 3. The summed E-state index contributed by atoms with van der Waals surface area (Å²) < 4.78 is 41.8. The number of carbonyl (C=O) groups excluding carboxylic acids is 4. The summed E-state index contributed by atoms with van der Waals surface area (Å²) in [7, 11) is -3.91. The lowest BCUT2D eigenvalue weighted by Gasteiger charge is -2.32. The van der Waals surface area contributed by atoms with Crippen molar-refractivity contribution in [1.82, 2.24) is 24.5 Å². The molecule has 0 radical (unpaired) electrons. The molecule has 4 aliphatic carbocycles. The van der Waals surface area contributed by atoms with Crippen LogP contribution in [0.5, 0.6) is 6.01 Å². The number of para-hydroxylation sites is 1. The lowest BCUT2D eigenvalue weighted by atomic mass is 9.86. The van der Waals surface area contributed by atoms with Gasteiger partial charge in [-0.25, -0.2) is 8.42 Å². The quantitative estimate of drug-likeness (QED) is 0.310. The van der Waals surface area contributed by atoms with Gasteiger partial charge in [0.2, 0.25) is 21.8 Å². The van der Waals surface area contributed by atoms with Crippen LogP contribution in [-0.2, 0) is 40.5 Å². The highest BCUT2D eigenvalue weighted by Crippen LogP contribution is 2.46. The Morgan fingerprint density at radius 3 is 2.46 bits per heavy atom. The van der Waals surface area contributed by atoms with Crippen molar-refractivity contribution in [2.75, 3.05) is 6.54 Å². The molecule has 5 fully saturated rings. The number of esters is 1. The van der Waals surface area contributed by atoms with Gasteiger partial charge in [-0.05, 0) is 88.2 Å². The molecule has 0 unspecified atom stereocenters. The minimum Gasteiger partial charge on any atom is -0.462 e. The van der Waals surface area contributed by atoms with Gasteiger partial charge in [-0.3, -0.25) is 33.3 Å². The Morgan fingerprint density at radius 1 is 0.946 bits per heavy atom. The van der Waals surface area contributed by atoms with Crippen molar-refractivity contribution >= 4 is 44.6 Å². The lowest BCUT2D eigenvalue weighted by molar-refractivity contribution is -0.156. The molecule has 2 aromatic rings. The Kier molecular flexibility index (Phi) is 10.6. The van der Waals surface area contributed by atoms with E-state index in [-0.39, 0.29) is 67.8 Å². The monoisotopic (exact) mass is 789 g/mol. The Hall–Kier alpha value is -4.53. The van der Waals surface area contributed by atoms with Crippen LogP contribution in [0.2, 0.25) is 0 Å². The summed E-state index contributed by atoms with van der Waals surface area (Å²) in [6.45, 7) is 3.94. The molecule has 7 atom stereocenters. The molecule has 1 aromatic heterocycles. The normalized spacial score (nSPS) is 32.0. The second-order valence-electron chi connectivity index (χ2n) is 16.6. The number of sulfonamides is 1. The average Bonchev–Trinajstić information content (AvgIpc) is 3.96. The van der Waals surface area contributed by atoms with Crippen LogP contribution in [0.4, 0.5) is 0 Å². The first-order chi connectivity index (χ1) is 27.0. The molecule has 3 heterocycles. The molecule has 4 saturated carbocycles. The predicted molar refractivity (Wildman–Crippen MR) is 205 cm³/mol. The summed E-state index contributed by atoms with van der Waals surface area (Å²) in [5, 5.41) is 2.62. The largest absolute Gasteiger partial charge is 0.462 e. The van der Waals surface area contributed by atoms with E-state index in [1.54, 1.807) is 24.3 Å². The molecule has 0 spiro atoms. The fourth-order valence-electron chi connectivity index (χ4n) is 9.46. The van der Waals surface area contributed by atoms with Crippen molar-refractivity contribution in [3.8, 4) is 6.01 Å². The Balaban J connectivity index is 1.14. The van der Waals surface area contributed by atoms with E-state index in [1.165, 1.54) is 15.5 Å². The van der Waals surface area contributed by atoms with Gasteiger partial charge in [0.15, 0.2) is 0 Å². The minimum absolute atomic E-state index is 0.00146. The maximum absolute atomic E-state index is 14.9. The van der Waals surface area contributed by atoms with Crippen molar-refractivity contribution in [2.24, 2.45) is 23.7 Å². The summed E-state index contributed by atoms with van der Waals surface area (Å²) in [5.41, 5.74) is -1.40. The average molecular weight is 790 g/mol. The molecule has 3 amide bonds. The number of rotatable bonds is 7. The highest BCUT2D eigenvalue weighted by Gasteiger charge is 2.62. The number of hydrogen-bond acceptors (Lipinski definition) is 10. The molecule has 300 valence electrons. The van der Waals surface area contributed by atoms with Gasteiger partial charge in [-0.1, -0.05) is 43.2 Å². The smallest absolute Gasteiger partial charge is 0.306 e. The highest BCUT2D eigenvalue weighted by atomic mass is 32.2. The Bertz CT molecular complexity index is 2110. The van der Waals surface area contributed by atoms with Crippen LogP contribution in [0.1, 0.15) is 89.9 Å². The number of fused-ring (bicyclic) bond motifs is 5. The van der Waals surface area contributed by atoms with Crippen molar-refractivity contribution in [2.45, 2.75) is 125 Å². The molecule has 15 heteroatoms. The van der Waals surface area contributed by atoms with E-state index in [2.05, 4.69) is 16.6 Å². The SMILES string of the molecule is C=C[C@H]1C[C@]1(NC(=O)[C@@H]1C[C@@H]2CN1C(=O)[C@H](C1CCCC1)CC(=O)O[C@@H]1CCC[C@H]1CC/C=C/Cn1c(nc3ccccc3c1=O)O2)C(=O)NS(=O)(=O)C1CC1. The molecule has 2 N–H and O–H groups in total. The molecule has 56 heavy (non-hydrogen) atoms. The van der Waals surface area contributed by atoms with E-state index in [4.69, 9.17) is 14.5 Å². The van der Waals surface area contributed by atoms with Crippen molar-refractivity contribution in [1.29, 1.82) is 0 Å². The number of nitrogens with one attached hydrogen (secondary N) is 2. The van der Waals surface area contributed by atoms with Crippen LogP contribution in [0, 0.1) is 23.7 Å². The molecule has 1 saturated heterocycles. The fourth-order valence-corrected chi connectivity index (χ4v) is 10.8. The van der Waals surface area contributed by atoms with Crippen LogP contribution >= 0.6 is 0 Å². The van der Waals surface area contributed by atoms with E-state index in [0.717, 1.165) is 57.8 Å². The maximum atomic E-state index is 14.9. The molecule has 2 aliphatic heterocycles. The van der Waals surface area contributed by atoms with Gasteiger partial charge in [0.05, 0.1) is 35.0 Å². The van der Waals surface area contributed by atoms with Crippen LogP contribution in [0.15, 0.2) is 53.9 Å². The van der Waals surface area contributed by atoms with Crippen LogP contribution in [-0.4, -0.2) is 82.1 Å². The zero-order valence-corrected chi connectivity index (χ0v) is 32.4. The van der Waals surface area contributed by atoms with Crippen LogP contribution in [0.3, 0.4) is 0 Å². The number of aromatic nitrogens is 2. The highest BCUT2D eigenvalue weighted by molar-refractivity contribution is 7.91.